The van der Waals surface area contributed by atoms with E-state index < -0.39 is 5.97 Å². The van der Waals surface area contributed by atoms with Crippen LogP contribution in [0.5, 0.6) is 5.75 Å². The number of hydrogen-bond donors (Lipinski definition) is 1. The lowest BCUT2D eigenvalue weighted by Gasteiger charge is -2.10. The standard InChI is InChI=1S/C14H11BrO3/c15-11-7-4-8-12(13(11)14(16)17)18-9-10-5-2-1-3-6-10/h1-8H,9H2,(H,16,17). The molecule has 92 valence electrons. The van der Waals surface area contributed by atoms with Crippen LogP contribution < -0.4 is 4.74 Å². The van der Waals surface area contributed by atoms with E-state index in [0.29, 0.717) is 16.8 Å². The summed E-state index contributed by atoms with van der Waals surface area (Å²) in [6, 6.07) is 14.7. The fourth-order valence-corrected chi connectivity index (χ4v) is 2.09. The molecule has 0 radical (unpaired) electrons. The summed E-state index contributed by atoms with van der Waals surface area (Å²) in [6.45, 7) is 0.345. The van der Waals surface area contributed by atoms with Crippen molar-refractivity contribution in [2.45, 2.75) is 6.61 Å². The van der Waals surface area contributed by atoms with Gasteiger partial charge in [0.15, 0.2) is 0 Å². The van der Waals surface area contributed by atoms with Gasteiger partial charge in [-0.15, -0.1) is 0 Å². The van der Waals surface area contributed by atoms with Crippen molar-refractivity contribution in [3.63, 3.8) is 0 Å². The molecule has 0 unspecified atom stereocenters. The molecule has 1 N–H and O–H groups in total. The van der Waals surface area contributed by atoms with Gasteiger partial charge in [-0.25, -0.2) is 4.79 Å². The molecule has 2 aromatic carbocycles. The molecule has 0 aliphatic heterocycles. The second kappa shape index (κ2) is 5.69. The van der Waals surface area contributed by atoms with E-state index in [1.54, 1.807) is 18.2 Å². The van der Waals surface area contributed by atoms with Gasteiger partial charge in [0.2, 0.25) is 0 Å². The van der Waals surface area contributed by atoms with Gasteiger partial charge in [0.1, 0.15) is 17.9 Å². The lowest BCUT2D eigenvalue weighted by atomic mass is 10.2. The highest BCUT2D eigenvalue weighted by Crippen LogP contribution is 2.27. The molecule has 3 nitrogen and oxygen atoms in total. The number of rotatable bonds is 4. The Balaban J connectivity index is 2.20. The van der Waals surface area contributed by atoms with E-state index in [2.05, 4.69) is 15.9 Å². The van der Waals surface area contributed by atoms with Crippen LogP contribution in [0.25, 0.3) is 0 Å². The van der Waals surface area contributed by atoms with E-state index in [-0.39, 0.29) is 5.56 Å². The molecule has 0 saturated heterocycles. The highest BCUT2D eigenvalue weighted by atomic mass is 79.9. The van der Waals surface area contributed by atoms with Gasteiger partial charge in [-0.2, -0.15) is 0 Å². The minimum atomic E-state index is -1.01. The Morgan fingerprint density at radius 3 is 2.50 bits per heavy atom. The maximum Gasteiger partial charge on any atom is 0.340 e. The first-order valence-corrected chi connectivity index (χ1v) is 6.16. The van der Waals surface area contributed by atoms with Gasteiger partial charge in [-0.1, -0.05) is 36.4 Å². The number of carboxylic acids is 1. The Labute approximate surface area is 113 Å². The Hall–Kier alpha value is -1.81. The minimum absolute atomic E-state index is 0.147. The van der Waals surface area contributed by atoms with E-state index in [9.17, 15) is 4.79 Å². The number of hydrogen-bond acceptors (Lipinski definition) is 2. The summed E-state index contributed by atoms with van der Waals surface area (Å²) in [7, 11) is 0. The van der Waals surface area contributed by atoms with E-state index in [1.807, 2.05) is 30.3 Å². The molecule has 18 heavy (non-hydrogen) atoms. The molecular formula is C14H11BrO3. The summed E-state index contributed by atoms with van der Waals surface area (Å²) in [6.07, 6.45) is 0. The lowest BCUT2D eigenvalue weighted by molar-refractivity contribution is 0.0690. The van der Waals surface area contributed by atoms with Crippen LogP contribution in [0, 0.1) is 0 Å². The van der Waals surface area contributed by atoms with E-state index in [4.69, 9.17) is 9.84 Å². The summed E-state index contributed by atoms with van der Waals surface area (Å²) in [5.74, 6) is -0.647. The number of carboxylic acid groups (broad SMARTS) is 1. The molecule has 2 aromatic rings. The second-order valence-electron chi connectivity index (χ2n) is 3.69. The first-order valence-electron chi connectivity index (χ1n) is 5.37. The highest BCUT2D eigenvalue weighted by Gasteiger charge is 2.14. The van der Waals surface area contributed by atoms with Crippen LogP contribution >= 0.6 is 15.9 Å². The third-order valence-electron chi connectivity index (χ3n) is 2.43. The Kier molecular flexibility index (Phi) is 3.99. The van der Waals surface area contributed by atoms with Crippen molar-refractivity contribution in [1.29, 1.82) is 0 Å². The average molecular weight is 307 g/mol. The van der Waals surface area contributed by atoms with E-state index in [0.717, 1.165) is 5.56 Å². The van der Waals surface area contributed by atoms with Crippen molar-refractivity contribution in [3.8, 4) is 5.75 Å². The summed E-state index contributed by atoms with van der Waals surface area (Å²) in [4.78, 5) is 11.1. The fraction of sp³-hybridized carbons (Fsp3) is 0.0714. The predicted molar refractivity (Wildman–Crippen MR) is 71.9 cm³/mol. The summed E-state index contributed by atoms with van der Waals surface area (Å²) in [5.41, 5.74) is 1.14. The monoisotopic (exact) mass is 306 g/mol. The maximum absolute atomic E-state index is 11.1. The number of benzene rings is 2. The molecule has 0 aliphatic carbocycles. The Bertz CT molecular complexity index is 552. The van der Waals surface area contributed by atoms with Gasteiger partial charge in [0, 0.05) is 4.47 Å². The second-order valence-corrected chi connectivity index (χ2v) is 4.55. The quantitative estimate of drug-likeness (QED) is 0.936. The molecule has 4 heteroatoms. The molecule has 0 heterocycles. The summed E-state index contributed by atoms with van der Waals surface area (Å²) >= 11 is 3.21. The van der Waals surface area contributed by atoms with Crippen LogP contribution in [0.3, 0.4) is 0 Å². The van der Waals surface area contributed by atoms with Crippen molar-refractivity contribution in [2.75, 3.05) is 0 Å². The normalized spacial score (nSPS) is 10.1. The zero-order valence-corrected chi connectivity index (χ0v) is 11.1. The van der Waals surface area contributed by atoms with E-state index >= 15 is 0 Å². The van der Waals surface area contributed by atoms with Crippen LogP contribution in [-0.2, 0) is 6.61 Å². The molecular weight excluding hydrogens is 296 g/mol. The SMILES string of the molecule is O=C(O)c1c(Br)cccc1OCc1ccccc1. The van der Waals surface area contributed by atoms with Crippen molar-refractivity contribution in [2.24, 2.45) is 0 Å². The average Bonchev–Trinajstić information content (AvgIpc) is 2.37. The number of halogens is 1. The van der Waals surface area contributed by atoms with Crippen LogP contribution in [0.2, 0.25) is 0 Å². The molecule has 0 amide bonds. The number of aromatic carboxylic acids is 1. The zero-order chi connectivity index (χ0) is 13.0. The highest BCUT2D eigenvalue weighted by molar-refractivity contribution is 9.10. The Morgan fingerprint density at radius 2 is 1.83 bits per heavy atom. The molecule has 0 bridgehead atoms. The van der Waals surface area contributed by atoms with Gasteiger partial charge in [0.25, 0.3) is 0 Å². The third-order valence-corrected chi connectivity index (χ3v) is 3.09. The topological polar surface area (TPSA) is 46.5 Å². The lowest BCUT2D eigenvalue weighted by Crippen LogP contribution is -2.04. The van der Waals surface area contributed by atoms with Crippen molar-refractivity contribution < 1.29 is 14.6 Å². The van der Waals surface area contributed by atoms with Gasteiger partial charge < -0.3 is 9.84 Å². The van der Waals surface area contributed by atoms with Gasteiger partial charge in [-0.3, -0.25) is 0 Å². The van der Waals surface area contributed by atoms with Crippen LogP contribution in [0.1, 0.15) is 15.9 Å². The van der Waals surface area contributed by atoms with Crippen LogP contribution in [-0.4, -0.2) is 11.1 Å². The largest absolute Gasteiger partial charge is 0.488 e. The number of carbonyl (C=O) groups is 1. The molecule has 0 aromatic heterocycles. The number of ether oxygens (including phenoxy) is 1. The fourth-order valence-electron chi connectivity index (χ4n) is 1.57. The minimum Gasteiger partial charge on any atom is -0.488 e. The first kappa shape index (κ1) is 12.6. The van der Waals surface area contributed by atoms with Crippen molar-refractivity contribution in [1.82, 2.24) is 0 Å². The smallest absolute Gasteiger partial charge is 0.340 e. The summed E-state index contributed by atoms with van der Waals surface area (Å²) < 4.78 is 6.07. The first-order chi connectivity index (χ1) is 8.68. The third kappa shape index (κ3) is 2.90. The molecule has 2 rings (SSSR count). The zero-order valence-electron chi connectivity index (χ0n) is 9.47. The molecule has 0 spiro atoms. The van der Waals surface area contributed by atoms with E-state index in [1.165, 1.54) is 0 Å². The van der Waals surface area contributed by atoms with Crippen LogP contribution in [0.4, 0.5) is 0 Å². The van der Waals surface area contributed by atoms with Gasteiger partial charge in [0.05, 0.1) is 0 Å². The summed E-state index contributed by atoms with van der Waals surface area (Å²) in [5, 5.41) is 9.13. The maximum atomic E-state index is 11.1. The van der Waals surface area contributed by atoms with Crippen LogP contribution in [0.15, 0.2) is 53.0 Å². The molecule has 0 fully saturated rings. The van der Waals surface area contributed by atoms with Crippen molar-refractivity contribution in [3.05, 3.63) is 64.1 Å². The van der Waals surface area contributed by atoms with Crippen molar-refractivity contribution >= 4 is 21.9 Å². The molecule has 0 atom stereocenters. The molecule has 0 saturated carbocycles. The van der Waals surface area contributed by atoms with Gasteiger partial charge >= 0.3 is 5.97 Å². The van der Waals surface area contributed by atoms with Gasteiger partial charge in [-0.05, 0) is 33.6 Å². The Morgan fingerprint density at radius 1 is 1.11 bits per heavy atom. The molecule has 0 aliphatic rings. The predicted octanol–water partition coefficient (Wildman–Crippen LogP) is 3.73.